The van der Waals surface area contributed by atoms with Gasteiger partial charge in [0.2, 0.25) is 0 Å². The van der Waals surface area contributed by atoms with Crippen LogP contribution in [0.3, 0.4) is 0 Å². The van der Waals surface area contributed by atoms with Gasteiger partial charge in [-0.25, -0.2) is 4.39 Å². The van der Waals surface area contributed by atoms with Crippen LogP contribution in [0.5, 0.6) is 0 Å². The molecule has 0 bridgehead atoms. The van der Waals surface area contributed by atoms with E-state index < -0.39 is 0 Å². The van der Waals surface area contributed by atoms with Gasteiger partial charge in [0.15, 0.2) is 0 Å². The Balaban J connectivity index is 2.41. The van der Waals surface area contributed by atoms with E-state index in [2.05, 4.69) is 12.2 Å². The molecular weight excluding hydrogens is 273 g/mol. The number of halogens is 2. The summed E-state index contributed by atoms with van der Waals surface area (Å²) in [6, 6.07) is 12.6. The van der Waals surface area contributed by atoms with Crippen molar-refractivity contribution in [1.82, 2.24) is 5.32 Å². The van der Waals surface area contributed by atoms with E-state index in [1.54, 1.807) is 6.07 Å². The van der Waals surface area contributed by atoms with Crippen molar-refractivity contribution in [2.24, 2.45) is 0 Å². The van der Waals surface area contributed by atoms with Gasteiger partial charge in [-0.1, -0.05) is 48.4 Å². The Morgan fingerprint density at radius 2 is 1.85 bits per heavy atom. The summed E-state index contributed by atoms with van der Waals surface area (Å²) in [5, 5.41) is 4.09. The molecule has 0 aliphatic rings. The molecule has 0 amide bonds. The Bertz CT molecular complexity index is 566. The van der Waals surface area contributed by atoms with Crippen LogP contribution in [0.15, 0.2) is 42.5 Å². The summed E-state index contributed by atoms with van der Waals surface area (Å²) in [6.07, 6.45) is 0.998. The molecule has 2 aromatic rings. The minimum Gasteiger partial charge on any atom is -0.306 e. The normalized spacial score (nSPS) is 12.4. The van der Waals surface area contributed by atoms with Crippen molar-refractivity contribution in [3.05, 3.63) is 70.0 Å². The number of aryl methyl sites for hydroxylation is 1. The third-order valence-corrected chi connectivity index (χ3v) is 3.52. The van der Waals surface area contributed by atoms with Crippen molar-refractivity contribution in [1.29, 1.82) is 0 Å². The molecule has 0 saturated heterocycles. The van der Waals surface area contributed by atoms with Crippen LogP contribution in [0.4, 0.5) is 4.39 Å². The Kier molecular flexibility index (Phi) is 5.16. The third-order valence-electron chi connectivity index (χ3n) is 3.26. The smallest absolute Gasteiger partial charge is 0.128 e. The summed E-state index contributed by atoms with van der Waals surface area (Å²) >= 11 is 5.93. The van der Waals surface area contributed by atoms with Gasteiger partial charge in [-0.3, -0.25) is 0 Å². The van der Waals surface area contributed by atoms with E-state index in [1.165, 1.54) is 6.07 Å². The van der Waals surface area contributed by atoms with Gasteiger partial charge in [0.05, 0.1) is 6.04 Å². The van der Waals surface area contributed by atoms with E-state index in [1.807, 2.05) is 37.3 Å². The van der Waals surface area contributed by atoms with E-state index in [9.17, 15) is 4.39 Å². The monoisotopic (exact) mass is 291 g/mol. The summed E-state index contributed by atoms with van der Waals surface area (Å²) in [7, 11) is 0. The number of rotatable bonds is 5. The van der Waals surface area contributed by atoms with E-state index in [-0.39, 0.29) is 11.9 Å². The quantitative estimate of drug-likeness (QED) is 0.828. The zero-order valence-corrected chi connectivity index (χ0v) is 12.5. The molecule has 0 aliphatic heterocycles. The third kappa shape index (κ3) is 3.59. The van der Waals surface area contributed by atoms with Crippen LogP contribution < -0.4 is 5.32 Å². The van der Waals surface area contributed by atoms with Gasteiger partial charge in [-0.2, -0.15) is 0 Å². The fourth-order valence-electron chi connectivity index (χ4n) is 2.24. The van der Waals surface area contributed by atoms with Gasteiger partial charge >= 0.3 is 0 Å². The molecular formula is C17H19ClFN. The maximum Gasteiger partial charge on any atom is 0.128 e. The van der Waals surface area contributed by atoms with E-state index >= 15 is 0 Å². The van der Waals surface area contributed by atoms with Crippen molar-refractivity contribution < 1.29 is 4.39 Å². The number of benzene rings is 2. The number of hydrogen-bond donors (Lipinski definition) is 1. The number of nitrogens with one attached hydrogen (secondary N) is 1. The molecule has 0 fully saturated rings. The van der Waals surface area contributed by atoms with Crippen molar-refractivity contribution in [3.8, 4) is 0 Å². The summed E-state index contributed by atoms with van der Waals surface area (Å²) in [6.45, 7) is 4.90. The molecule has 1 atom stereocenters. The molecule has 0 radical (unpaired) electrons. The van der Waals surface area contributed by atoms with Gasteiger partial charge in [0, 0.05) is 10.6 Å². The topological polar surface area (TPSA) is 12.0 Å². The van der Waals surface area contributed by atoms with Crippen molar-refractivity contribution in [3.63, 3.8) is 0 Å². The second-order valence-corrected chi connectivity index (χ2v) is 5.40. The highest BCUT2D eigenvalue weighted by molar-refractivity contribution is 6.30. The first-order chi connectivity index (χ1) is 9.61. The van der Waals surface area contributed by atoms with Crippen LogP contribution in [0.2, 0.25) is 5.02 Å². The van der Waals surface area contributed by atoms with Crippen LogP contribution in [0, 0.1) is 12.7 Å². The molecule has 2 aromatic carbocycles. The lowest BCUT2D eigenvalue weighted by Crippen LogP contribution is -2.24. The highest BCUT2D eigenvalue weighted by atomic mass is 35.5. The van der Waals surface area contributed by atoms with Gasteiger partial charge in [-0.15, -0.1) is 0 Å². The van der Waals surface area contributed by atoms with Gasteiger partial charge in [-0.05, 0) is 43.7 Å². The summed E-state index contributed by atoms with van der Waals surface area (Å²) < 4.78 is 14.1. The van der Waals surface area contributed by atoms with E-state index in [0.29, 0.717) is 10.6 Å². The first-order valence-electron chi connectivity index (χ1n) is 6.86. The molecule has 20 heavy (non-hydrogen) atoms. The lowest BCUT2D eigenvalue weighted by Gasteiger charge is -2.20. The zero-order valence-electron chi connectivity index (χ0n) is 11.8. The predicted molar refractivity (Wildman–Crippen MR) is 82.7 cm³/mol. The maximum absolute atomic E-state index is 14.1. The minimum absolute atomic E-state index is 0.146. The lowest BCUT2D eigenvalue weighted by atomic mass is 9.96. The maximum atomic E-state index is 14.1. The fraction of sp³-hybridized carbons (Fsp3) is 0.294. The molecule has 1 nitrogen and oxygen atoms in total. The average Bonchev–Trinajstić information content (AvgIpc) is 2.44. The average molecular weight is 292 g/mol. The highest BCUT2D eigenvalue weighted by Crippen LogP contribution is 2.26. The molecule has 2 rings (SSSR count). The molecule has 0 spiro atoms. The SMILES string of the molecule is CCCNC(c1ccc(Cl)cc1)c1cc(C)ccc1F. The van der Waals surface area contributed by atoms with E-state index in [0.717, 1.165) is 24.1 Å². The van der Waals surface area contributed by atoms with Crippen LogP contribution in [-0.2, 0) is 0 Å². The Labute approximate surface area is 124 Å². The van der Waals surface area contributed by atoms with Gasteiger partial charge in [0.25, 0.3) is 0 Å². The van der Waals surface area contributed by atoms with Crippen molar-refractivity contribution in [2.45, 2.75) is 26.3 Å². The standard InChI is InChI=1S/C17H19ClFN/c1-3-10-20-17(13-5-7-14(18)8-6-13)15-11-12(2)4-9-16(15)19/h4-9,11,17,20H,3,10H2,1-2H3. The molecule has 0 aliphatic carbocycles. The zero-order chi connectivity index (χ0) is 14.5. The minimum atomic E-state index is -0.181. The molecule has 3 heteroatoms. The highest BCUT2D eigenvalue weighted by Gasteiger charge is 2.17. The Morgan fingerprint density at radius 3 is 2.50 bits per heavy atom. The largest absolute Gasteiger partial charge is 0.306 e. The Morgan fingerprint density at radius 1 is 1.15 bits per heavy atom. The van der Waals surface area contributed by atoms with Gasteiger partial charge < -0.3 is 5.32 Å². The fourth-order valence-corrected chi connectivity index (χ4v) is 2.36. The molecule has 106 valence electrons. The Hall–Kier alpha value is -1.38. The van der Waals surface area contributed by atoms with Crippen LogP contribution in [0.1, 0.15) is 36.1 Å². The summed E-state index contributed by atoms with van der Waals surface area (Å²) in [5.41, 5.74) is 2.76. The summed E-state index contributed by atoms with van der Waals surface area (Å²) in [5.74, 6) is -0.181. The number of hydrogen-bond acceptors (Lipinski definition) is 1. The lowest BCUT2D eigenvalue weighted by molar-refractivity contribution is 0.546. The van der Waals surface area contributed by atoms with Crippen LogP contribution in [-0.4, -0.2) is 6.54 Å². The van der Waals surface area contributed by atoms with Crippen LogP contribution in [0.25, 0.3) is 0 Å². The summed E-state index contributed by atoms with van der Waals surface area (Å²) in [4.78, 5) is 0. The first kappa shape index (κ1) is 15.0. The molecule has 0 saturated carbocycles. The second kappa shape index (κ2) is 6.87. The first-order valence-corrected chi connectivity index (χ1v) is 7.24. The van der Waals surface area contributed by atoms with Crippen molar-refractivity contribution >= 4 is 11.6 Å². The van der Waals surface area contributed by atoms with Crippen LogP contribution >= 0.6 is 11.6 Å². The molecule has 0 aromatic heterocycles. The predicted octanol–water partition coefficient (Wildman–Crippen LogP) is 4.88. The molecule has 1 unspecified atom stereocenters. The molecule has 1 N–H and O–H groups in total. The van der Waals surface area contributed by atoms with E-state index in [4.69, 9.17) is 11.6 Å². The van der Waals surface area contributed by atoms with Gasteiger partial charge in [0.1, 0.15) is 5.82 Å². The van der Waals surface area contributed by atoms with Crippen molar-refractivity contribution in [2.75, 3.05) is 6.54 Å². The molecule has 0 heterocycles. The second-order valence-electron chi connectivity index (χ2n) is 4.96.